The van der Waals surface area contributed by atoms with Gasteiger partial charge in [-0.25, -0.2) is 0 Å². The Morgan fingerprint density at radius 3 is 0.702 bits per heavy atom. The molecule has 0 atom stereocenters. The topological polar surface area (TPSA) is 173 Å². The zero-order valence-electron chi connectivity index (χ0n) is 30.9. The van der Waals surface area contributed by atoms with Crippen LogP contribution in [0.3, 0.4) is 0 Å². The van der Waals surface area contributed by atoms with Gasteiger partial charge in [-0.15, -0.1) is 0 Å². The average molecular weight is 679 g/mol. The van der Waals surface area contributed by atoms with Crippen molar-refractivity contribution in [2.75, 3.05) is 13.2 Å². The van der Waals surface area contributed by atoms with E-state index in [0.717, 1.165) is 32.6 Å². The zero-order chi connectivity index (χ0) is 36.2. The molecule has 0 amide bonds. The van der Waals surface area contributed by atoms with Crippen LogP contribution in [0.1, 0.15) is 207 Å². The highest BCUT2D eigenvalue weighted by atomic mass is 16.4. The lowest BCUT2D eigenvalue weighted by atomic mass is 10.0. The Morgan fingerprint density at radius 1 is 0.404 bits per heavy atom. The molecule has 0 spiro atoms. The van der Waals surface area contributed by atoms with Crippen LogP contribution in [0.15, 0.2) is 0 Å². The molecule has 0 aliphatic heterocycles. The van der Waals surface area contributed by atoms with Crippen LogP contribution in [0.5, 0.6) is 0 Å². The van der Waals surface area contributed by atoms with Gasteiger partial charge in [-0.2, -0.15) is 0 Å². The maximum Gasteiger partial charge on any atom is 0.303 e. The predicted molar refractivity (Wildman–Crippen MR) is 194 cm³/mol. The Morgan fingerprint density at radius 2 is 0.574 bits per heavy atom. The lowest BCUT2D eigenvalue weighted by Crippen LogP contribution is -2.15. The van der Waals surface area contributed by atoms with Gasteiger partial charge in [0, 0.05) is 19.8 Å². The maximum absolute atomic E-state index is 10.3. The molecule has 0 fully saturated rings. The highest BCUT2D eigenvalue weighted by molar-refractivity contribution is 5.66. The lowest BCUT2D eigenvalue weighted by Gasteiger charge is -2.02. The van der Waals surface area contributed by atoms with Crippen LogP contribution >= 0.6 is 0 Å². The van der Waals surface area contributed by atoms with Crippen molar-refractivity contribution in [1.82, 2.24) is 0 Å². The number of carboxylic acids is 3. The number of carbonyl (C=O) groups is 3. The summed E-state index contributed by atoms with van der Waals surface area (Å²) >= 11 is 0. The standard InChI is InChI=1S/C17H34O2.C16H32O2.C3H8O3.C2H4O2/c1-2-3-4-5-6-7-8-9-10-11-12-13-14-15-16-17(18)19;1-2-3-4-5-6-7-8-9-10-11-12-13-14-15-16(17)18;4-1-3(6)2-5;1-2(3)4/h2-16H2,1H3,(H,18,19);2-15H2,1H3,(H,17,18);3-6H,1-2H2;1H3,(H,3,4). The summed E-state index contributed by atoms with van der Waals surface area (Å²) in [5.41, 5.74) is 0. The van der Waals surface area contributed by atoms with Crippen LogP contribution in [0.4, 0.5) is 0 Å². The third-order valence-corrected chi connectivity index (χ3v) is 7.66. The fourth-order valence-corrected chi connectivity index (χ4v) is 4.82. The summed E-state index contributed by atoms with van der Waals surface area (Å²) in [6.45, 7) is 4.88. The molecule has 0 aliphatic carbocycles. The predicted octanol–water partition coefficient (Wildman–Crippen LogP) is 9.92. The van der Waals surface area contributed by atoms with E-state index in [9.17, 15) is 9.59 Å². The first-order chi connectivity index (χ1) is 22.6. The summed E-state index contributed by atoms with van der Waals surface area (Å²) < 4.78 is 0. The molecule has 0 aromatic heterocycles. The fraction of sp³-hybridized carbons (Fsp3) is 0.921. The van der Waals surface area contributed by atoms with Crippen LogP contribution in [-0.2, 0) is 14.4 Å². The van der Waals surface area contributed by atoms with Gasteiger partial charge in [0.15, 0.2) is 0 Å². The first kappa shape index (κ1) is 52.1. The van der Waals surface area contributed by atoms with E-state index in [2.05, 4.69) is 13.8 Å². The van der Waals surface area contributed by atoms with Gasteiger partial charge in [-0.3, -0.25) is 14.4 Å². The van der Waals surface area contributed by atoms with Crippen LogP contribution < -0.4 is 0 Å². The van der Waals surface area contributed by atoms with Crippen molar-refractivity contribution in [3.63, 3.8) is 0 Å². The molecule has 0 rings (SSSR count). The van der Waals surface area contributed by atoms with Crippen LogP contribution in [-0.4, -0.2) is 67.9 Å². The number of unbranched alkanes of at least 4 members (excludes halogenated alkanes) is 25. The summed E-state index contributed by atoms with van der Waals surface area (Å²) in [6.07, 6.45) is 35.0. The van der Waals surface area contributed by atoms with Gasteiger partial charge in [0.25, 0.3) is 5.97 Å². The van der Waals surface area contributed by atoms with Crippen molar-refractivity contribution in [3.05, 3.63) is 0 Å². The molecular weight excluding hydrogens is 600 g/mol. The van der Waals surface area contributed by atoms with E-state index in [4.69, 9.17) is 35.4 Å². The van der Waals surface area contributed by atoms with Crippen molar-refractivity contribution < 1.29 is 45.0 Å². The summed E-state index contributed by atoms with van der Waals surface area (Å²) in [4.78, 5) is 29.6. The van der Waals surface area contributed by atoms with Crippen LogP contribution in [0, 0.1) is 0 Å². The van der Waals surface area contributed by atoms with E-state index >= 15 is 0 Å². The van der Waals surface area contributed by atoms with Gasteiger partial charge in [0.1, 0.15) is 6.10 Å². The Hall–Kier alpha value is -1.71. The molecule has 284 valence electrons. The Labute approximate surface area is 289 Å². The molecule has 0 saturated carbocycles. The Balaban J connectivity index is -0.000000305. The molecule has 0 aromatic carbocycles. The number of rotatable bonds is 31. The molecular formula is C38H78O9. The molecule has 9 nitrogen and oxygen atoms in total. The van der Waals surface area contributed by atoms with E-state index in [1.165, 1.54) is 148 Å². The monoisotopic (exact) mass is 679 g/mol. The highest BCUT2D eigenvalue weighted by Gasteiger charge is 1.98. The van der Waals surface area contributed by atoms with Gasteiger partial charge in [-0.05, 0) is 12.8 Å². The minimum Gasteiger partial charge on any atom is -0.481 e. The minimum atomic E-state index is -0.954. The number of aliphatic hydroxyl groups is 3. The average Bonchev–Trinajstić information content (AvgIpc) is 3.03. The van der Waals surface area contributed by atoms with Gasteiger partial charge in [0.05, 0.1) is 13.2 Å². The minimum absolute atomic E-state index is 0.345. The first-order valence-electron chi connectivity index (χ1n) is 19.1. The van der Waals surface area contributed by atoms with Gasteiger partial charge in [0.2, 0.25) is 0 Å². The molecule has 0 aliphatic rings. The van der Waals surface area contributed by atoms with E-state index in [0.29, 0.717) is 12.8 Å². The van der Waals surface area contributed by atoms with Crippen molar-refractivity contribution in [2.45, 2.75) is 213 Å². The number of aliphatic carboxylic acids is 3. The quantitative estimate of drug-likeness (QED) is 0.0390. The van der Waals surface area contributed by atoms with Crippen LogP contribution in [0.25, 0.3) is 0 Å². The van der Waals surface area contributed by atoms with Gasteiger partial charge in [-0.1, -0.05) is 174 Å². The largest absolute Gasteiger partial charge is 0.481 e. The molecule has 0 aromatic rings. The third-order valence-electron chi connectivity index (χ3n) is 7.66. The Kier molecular flexibility index (Phi) is 54.0. The summed E-state index contributed by atoms with van der Waals surface area (Å²) in [6, 6.07) is 0. The van der Waals surface area contributed by atoms with E-state index < -0.39 is 24.0 Å². The molecule has 0 saturated heterocycles. The molecule has 0 unspecified atom stereocenters. The van der Waals surface area contributed by atoms with Crippen molar-refractivity contribution in [3.8, 4) is 0 Å². The molecule has 0 radical (unpaired) electrons. The number of hydrogen-bond acceptors (Lipinski definition) is 6. The lowest BCUT2D eigenvalue weighted by molar-refractivity contribution is -0.138. The molecule has 0 heterocycles. The van der Waals surface area contributed by atoms with E-state index in [1.807, 2.05) is 0 Å². The molecule has 6 N–H and O–H groups in total. The number of aliphatic hydroxyl groups excluding tert-OH is 3. The second-order valence-corrected chi connectivity index (χ2v) is 12.7. The zero-order valence-corrected chi connectivity index (χ0v) is 30.9. The van der Waals surface area contributed by atoms with Gasteiger partial charge < -0.3 is 30.6 Å². The van der Waals surface area contributed by atoms with Crippen molar-refractivity contribution in [2.24, 2.45) is 0 Å². The Bertz CT molecular complexity index is 606. The summed E-state index contributed by atoms with van der Waals surface area (Å²) in [7, 11) is 0. The SMILES string of the molecule is CC(=O)O.CCCCCCCCCCCCCCCC(=O)O.CCCCCCCCCCCCCCCCC(=O)O.OCC(O)CO. The normalized spacial score (nSPS) is 10.3. The summed E-state index contributed by atoms with van der Waals surface area (Å²) in [5.74, 6) is -2.14. The van der Waals surface area contributed by atoms with Gasteiger partial charge >= 0.3 is 11.9 Å². The highest BCUT2D eigenvalue weighted by Crippen LogP contribution is 2.14. The number of carboxylic acid groups (broad SMARTS) is 3. The second kappa shape index (κ2) is 48.7. The third kappa shape index (κ3) is 71.5. The van der Waals surface area contributed by atoms with E-state index in [-0.39, 0.29) is 13.2 Å². The molecule has 47 heavy (non-hydrogen) atoms. The van der Waals surface area contributed by atoms with Crippen molar-refractivity contribution >= 4 is 17.9 Å². The molecule has 9 heteroatoms. The van der Waals surface area contributed by atoms with E-state index in [1.54, 1.807) is 0 Å². The smallest absolute Gasteiger partial charge is 0.303 e. The fourth-order valence-electron chi connectivity index (χ4n) is 4.82. The first-order valence-corrected chi connectivity index (χ1v) is 19.1. The molecule has 0 bridgehead atoms. The second-order valence-electron chi connectivity index (χ2n) is 12.7. The van der Waals surface area contributed by atoms with Crippen LogP contribution in [0.2, 0.25) is 0 Å². The number of hydrogen-bond donors (Lipinski definition) is 6. The summed E-state index contributed by atoms with van der Waals surface area (Å²) in [5, 5.41) is 48.4. The maximum atomic E-state index is 10.3. The van der Waals surface area contributed by atoms with Crippen molar-refractivity contribution in [1.29, 1.82) is 0 Å².